The van der Waals surface area contributed by atoms with Gasteiger partial charge in [0.15, 0.2) is 0 Å². The van der Waals surface area contributed by atoms with Crippen LogP contribution in [0.3, 0.4) is 0 Å². The fourth-order valence-electron chi connectivity index (χ4n) is 2.49. The Labute approximate surface area is 156 Å². The van der Waals surface area contributed by atoms with Crippen molar-refractivity contribution in [1.29, 1.82) is 0 Å². The lowest BCUT2D eigenvalue weighted by Gasteiger charge is -2.18. The average Bonchev–Trinajstić information content (AvgIpc) is 2.63. The lowest BCUT2D eigenvalue weighted by molar-refractivity contribution is -0.116. The van der Waals surface area contributed by atoms with Crippen molar-refractivity contribution in [2.45, 2.75) is 4.90 Å². The fraction of sp³-hybridized carbons (Fsp3) is 0.111. The van der Waals surface area contributed by atoms with Crippen molar-refractivity contribution in [1.82, 2.24) is 9.29 Å². The summed E-state index contributed by atoms with van der Waals surface area (Å²) in [4.78, 5) is 16.4. The molecule has 0 aliphatic heterocycles. The van der Waals surface area contributed by atoms with Crippen LogP contribution in [0.4, 0.5) is 5.69 Å². The number of hydrogen-bond donors (Lipinski definition) is 1. The number of pyridine rings is 1. The third-order valence-corrected chi connectivity index (χ3v) is 5.96. The monoisotopic (exact) mass is 389 g/mol. The summed E-state index contributed by atoms with van der Waals surface area (Å²) >= 11 is 6.00. The molecule has 6 nitrogen and oxygen atoms in total. The van der Waals surface area contributed by atoms with Crippen LogP contribution in [0.15, 0.2) is 65.7 Å². The second-order valence-electron chi connectivity index (χ2n) is 5.62. The predicted molar refractivity (Wildman–Crippen MR) is 102 cm³/mol. The zero-order valence-electron chi connectivity index (χ0n) is 13.9. The minimum Gasteiger partial charge on any atom is -0.324 e. The molecule has 3 aromatic rings. The Balaban J connectivity index is 1.83. The third kappa shape index (κ3) is 3.70. The van der Waals surface area contributed by atoms with Gasteiger partial charge >= 0.3 is 0 Å². The normalized spacial score (nSPS) is 11.7. The molecule has 0 aliphatic carbocycles. The molecule has 0 bridgehead atoms. The van der Waals surface area contributed by atoms with Crippen molar-refractivity contribution in [3.63, 3.8) is 0 Å². The molecule has 0 unspecified atom stereocenters. The minimum atomic E-state index is -3.89. The van der Waals surface area contributed by atoms with E-state index in [2.05, 4.69) is 10.3 Å². The van der Waals surface area contributed by atoms with E-state index in [0.717, 1.165) is 4.31 Å². The summed E-state index contributed by atoms with van der Waals surface area (Å²) < 4.78 is 26.8. The van der Waals surface area contributed by atoms with E-state index in [1.54, 1.807) is 48.5 Å². The number of aromatic nitrogens is 1. The Hall–Kier alpha value is -2.48. The molecule has 0 saturated carbocycles. The van der Waals surface area contributed by atoms with E-state index in [4.69, 9.17) is 11.6 Å². The van der Waals surface area contributed by atoms with Gasteiger partial charge in [-0.05, 0) is 24.3 Å². The Morgan fingerprint density at radius 2 is 1.85 bits per heavy atom. The van der Waals surface area contributed by atoms with Crippen molar-refractivity contribution in [2.24, 2.45) is 0 Å². The van der Waals surface area contributed by atoms with Gasteiger partial charge in [0, 0.05) is 18.6 Å². The molecule has 1 N–H and O–H groups in total. The first-order chi connectivity index (χ1) is 12.4. The number of amides is 1. The van der Waals surface area contributed by atoms with Crippen LogP contribution in [0, 0.1) is 0 Å². The van der Waals surface area contributed by atoms with Crippen LogP contribution in [-0.2, 0) is 14.8 Å². The van der Waals surface area contributed by atoms with Crippen LogP contribution in [0.25, 0.3) is 10.9 Å². The highest BCUT2D eigenvalue weighted by molar-refractivity contribution is 7.89. The molecule has 26 heavy (non-hydrogen) atoms. The number of benzene rings is 2. The zero-order chi connectivity index (χ0) is 18.7. The fourth-order valence-corrected chi connectivity index (χ4v) is 3.96. The molecule has 0 atom stereocenters. The van der Waals surface area contributed by atoms with Crippen LogP contribution in [0.1, 0.15) is 0 Å². The van der Waals surface area contributed by atoms with Crippen molar-refractivity contribution in [3.8, 4) is 0 Å². The van der Waals surface area contributed by atoms with Gasteiger partial charge < -0.3 is 5.32 Å². The van der Waals surface area contributed by atoms with E-state index < -0.39 is 15.9 Å². The van der Waals surface area contributed by atoms with Crippen molar-refractivity contribution < 1.29 is 13.2 Å². The van der Waals surface area contributed by atoms with Crippen LogP contribution in [-0.4, -0.2) is 37.2 Å². The molecule has 134 valence electrons. The van der Waals surface area contributed by atoms with Gasteiger partial charge in [0.2, 0.25) is 15.9 Å². The smallest absolute Gasteiger partial charge is 0.245 e. The SMILES string of the molecule is CN(CC(=O)Nc1ccccc1Cl)S(=O)(=O)c1cccc2cccnc12. The number of anilines is 1. The van der Waals surface area contributed by atoms with Gasteiger partial charge in [-0.1, -0.05) is 41.9 Å². The summed E-state index contributed by atoms with van der Waals surface area (Å²) in [7, 11) is -2.54. The maximum atomic E-state index is 12.9. The van der Waals surface area contributed by atoms with Gasteiger partial charge in [0.25, 0.3) is 0 Å². The van der Waals surface area contributed by atoms with Crippen molar-refractivity contribution in [3.05, 3.63) is 65.8 Å². The first kappa shape index (κ1) is 18.3. The largest absolute Gasteiger partial charge is 0.324 e. The van der Waals surface area contributed by atoms with E-state index in [-0.39, 0.29) is 11.4 Å². The number of nitrogens with one attached hydrogen (secondary N) is 1. The molecular weight excluding hydrogens is 374 g/mol. The Morgan fingerprint density at radius 3 is 2.62 bits per heavy atom. The molecule has 0 radical (unpaired) electrons. The Morgan fingerprint density at radius 1 is 1.12 bits per heavy atom. The number of likely N-dealkylation sites (N-methyl/N-ethyl adjacent to an activating group) is 1. The van der Waals surface area contributed by atoms with E-state index >= 15 is 0 Å². The number of rotatable bonds is 5. The lowest BCUT2D eigenvalue weighted by Crippen LogP contribution is -2.35. The topological polar surface area (TPSA) is 79.4 Å². The number of carbonyl (C=O) groups excluding carboxylic acids is 1. The van der Waals surface area contributed by atoms with Crippen LogP contribution in [0.2, 0.25) is 5.02 Å². The summed E-state index contributed by atoms with van der Waals surface area (Å²) in [5, 5.41) is 3.70. The number of hydrogen-bond acceptors (Lipinski definition) is 4. The molecule has 0 saturated heterocycles. The van der Waals surface area contributed by atoms with Crippen molar-refractivity contribution >= 4 is 44.1 Å². The molecule has 8 heteroatoms. The molecule has 3 rings (SSSR count). The van der Waals surface area contributed by atoms with E-state index in [9.17, 15) is 13.2 Å². The number of carbonyl (C=O) groups is 1. The number of sulfonamides is 1. The molecule has 1 heterocycles. The van der Waals surface area contributed by atoms with Gasteiger partial charge in [0.05, 0.1) is 22.8 Å². The summed E-state index contributed by atoms with van der Waals surface area (Å²) in [5.41, 5.74) is 0.796. The van der Waals surface area contributed by atoms with Crippen LogP contribution < -0.4 is 5.32 Å². The van der Waals surface area contributed by atoms with Gasteiger partial charge in [0.1, 0.15) is 4.90 Å². The number of nitrogens with zero attached hydrogens (tertiary/aromatic N) is 2. The number of para-hydroxylation sites is 2. The van der Waals surface area contributed by atoms with E-state index in [1.807, 2.05) is 0 Å². The highest BCUT2D eigenvalue weighted by Crippen LogP contribution is 2.24. The Bertz CT molecular complexity index is 1060. The van der Waals surface area contributed by atoms with E-state index in [1.165, 1.54) is 19.3 Å². The summed E-state index contributed by atoms with van der Waals surface area (Å²) in [6.45, 7) is -0.350. The lowest BCUT2D eigenvalue weighted by atomic mass is 10.2. The third-order valence-electron chi connectivity index (χ3n) is 3.80. The molecule has 0 aliphatic rings. The van der Waals surface area contributed by atoms with E-state index in [0.29, 0.717) is 21.6 Å². The number of fused-ring (bicyclic) bond motifs is 1. The highest BCUT2D eigenvalue weighted by atomic mass is 35.5. The first-order valence-electron chi connectivity index (χ1n) is 7.74. The average molecular weight is 390 g/mol. The highest BCUT2D eigenvalue weighted by Gasteiger charge is 2.25. The summed E-state index contributed by atoms with van der Waals surface area (Å²) in [6, 6.07) is 15.2. The van der Waals surface area contributed by atoms with Gasteiger partial charge in [-0.25, -0.2) is 8.42 Å². The van der Waals surface area contributed by atoms with Crippen LogP contribution >= 0.6 is 11.6 Å². The summed E-state index contributed by atoms with van der Waals surface area (Å²) in [6.07, 6.45) is 1.53. The molecular formula is C18H16ClN3O3S. The quantitative estimate of drug-likeness (QED) is 0.727. The molecule has 0 fully saturated rings. The van der Waals surface area contributed by atoms with Crippen LogP contribution in [0.5, 0.6) is 0 Å². The number of halogens is 1. The van der Waals surface area contributed by atoms with Gasteiger partial charge in [-0.2, -0.15) is 4.31 Å². The first-order valence-corrected chi connectivity index (χ1v) is 9.56. The second-order valence-corrected chi connectivity index (χ2v) is 8.04. The maximum absolute atomic E-state index is 12.9. The molecule has 2 aromatic carbocycles. The standard InChI is InChI=1S/C18H16ClN3O3S/c1-22(12-17(23)21-15-9-3-2-8-14(15)19)26(24,25)16-10-4-6-13-7-5-11-20-18(13)16/h2-11H,12H2,1H3,(H,21,23). The Kier molecular flexibility index (Phi) is 5.22. The van der Waals surface area contributed by atoms with Crippen molar-refractivity contribution in [2.75, 3.05) is 18.9 Å². The maximum Gasteiger partial charge on any atom is 0.245 e. The minimum absolute atomic E-state index is 0.0589. The molecule has 1 amide bonds. The summed E-state index contributed by atoms with van der Waals surface area (Å²) in [5.74, 6) is -0.489. The molecule has 0 spiro atoms. The van der Waals surface area contributed by atoms with Gasteiger partial charge in [-0.15, -0.1) is 0 Å². The predicted octanol–water partition coefficient (Wildman–Crippen LogP) is 3.15. The van der Waals surface area contributed by atoms with Gasteiger partial charge in [-0.3, -0.25) is 9.78 Å². The molecule has 1 aromatic heterocycles. The zero-order valence-corrected chi connectivity index (χ0v) is 15.5. The second kappa shape index (κ2) is 7.41.